The summed E-state index contributed by atoms with van der Waals surface area (Å²) in [7, 11) is 1.32. The Morgan fingerprint density at radius 1 is 1.31 bits per heavy atom. The highest BCUT2D eigenvalue weighted by Crippen LogP contribution is 2.35. The molecule has 1 aliphatic heterocycles. The van der Waals surface area contributed by atoms with Crippen LogP contribution in [0.3, 0.4) is 0 Å². The molecule has 0 radical (unpaired) electrons. The van der Waals surface area contributed by atoms with Crippen LogP contribution >= 0.6 is 34.5 Å². The van der Waals surface area contributed by atoms with E-state index in [1.807, 2.05) is 13.0 Å². The lowest BCUT2D eigenvalue weighted by atomic mass is 10.1. The molecule has 0 N–H and O–H groups in total. The number of nitrogens with zero attached hydrogens (tertiary/aromatic N) is 1. The third kappa shape index (κ3) is 3.74. The molecule has 26 heavy (non-hydrogen) atoms. The Morgan fingerprint density at radius 2 is 2.08 bits per heavy atom. The van der Waals surface area contributed by atoms with Gasteiger partial charge in [0.25, 0.3) is 5.91 Å². The first-order chi connectivity index (χ1) is 12.4. The van der Waals surface area contributed by atoms with Gasteiger partial charge < -0.3 is 14.4 Å². The van der Waals surface area contributed by atoms with Crippen LogP contribution in [0.1, 0.15) is 31.3 Å². The summed E-state index contributed by atoms with van der Waals surface area (Å²) in [5.74, 6) is -0.776. The van der Waals surface area contributed by atoms with Crippen LogP contribution in [0.25, 0.3) is 0 Å². The highest BCUT2D eigenvalue weighted by atomic mass is 35.5. The van der Waals surface area contributed by atoms with Gasteiger partial charge in [-0.05, 0) is 37.6 Å². The third-order valence-electron chi connectivity index (χ3n) is 4.12. The average Bonchev–Trinajstić information content (AvgIpc) is 3.24. The number of methoxy groups -OCH3 is 1. The zero-order valence-electron chi connectivity index (χ0n) is 14.3. The first kappa shape index (κ1) is 19.2. The van der Waals surface area contributed by atoms with E-state index in [9.17, 15) is 9.59 Å². The van der Waals surface area contributed by atoms with Gasteiger partial charge >= 0.3 is 5.97 Å². The minimum atomic E-state index is -0.475. The summed E-state index contributed by atoms with van der Waals surface area (Å²) in [6, 6.07) is 6.36. The standard InChI is InChI=1S/C18H17Cl2NO4S/c1-10-7-15(16(26-10)18(23)24-2)21(12-5-6-25-9-12)17(22)13-4-3-11(19)8-14(13)20/h3-4,7-8,12H,5-6,9H2,1-2H3. The third-order valence-corrected chi connectivity index (χ3v) is 5.68. The summed E-state index contributed by atoms with van der Waals surface area (Å²) in [4.78, 5) is 28.4. The molecule has 1 unspecified atom stereocenters. The molecule has 2 aromatic rings. The van der Waals surface area contributed by atoms with Crippen LogP contribution in [-0.4, -0.2) is 38.2 Å². The zero-order valence-corrected chi connectivity index (χ0v) is 16.6. The van der Waals surface area contributed by atoms with Crippen molar-refractivity contribution in [2.45, 2.75) is 19.4 Å². The Bertz CT molecular complexity index is 846. The number of rotatable bonds is 4. The minimum absolute atomic E-state index is 0.188. The highest BCUT2D eigenvalue weighted by molar-refractivity contribution is 7.14. The fourth-order valence-corrected chi connectivity index (χ4v) is 4.32. The second-order valence-electron chi connectivity index (χ2n) is 5.88. The molecule has 0 bridgehead atoms. The van der Waals surface area contributed by atoms with E-state index in [-0.39, 0.29) is 17.0 Å². The number of benzene rings is 1. The summed E-state index contributed by atoms with van der Waals surface area (Å²) in [5.41, 5.74) is 0.841. The van der Waals surface area contributed by atoms with Gasteiger partial charge in [0.15, 0.2) is 0 Å². The van der Waals surface area contributed by atoms with Gasteiger partial charge in [0.1, 0.15) is 4.88 Å². The normalized spacial score (nSPS) is 16.5. The molecular weight excluding hydrogens is 397 g/mol. The van der Waals surface area contributed by atoms with Crippen LogP contribution in [0.2, 0.25) is 10.0 Å². The van der Waals surface area contributed by atoms with E-state index < -0.39 is 5.97 Å². The van der Waals surface area contributed by atoms with Gasteiger partial charge in [0, 0.05) is 16.5 Å². The number of esters is 1. The van der Waals surface area contributed by atoms with Crippen LogP contribution in [0.15, 0.2) is 24.3 Å². The molecule has 1 saturated heterocycles. The topological polar surface area (TPSA) is 55.8 Å². The van der Waals surface area contributed by atoms with Crippen molar-refractivity contribution in [3.8, 4) is 0 Å². The van der Waals surface area contributed by atoms with Crippen LogP contribution in [0.4, 0.5) is 5.69 Å². The number of halogens is 2. The van der Waals surface area contributed by atoms with Gasteiger partial charge in [0.2, 0.25) is 0 Å². The van der Waals surface area contributed by atoms with Gasteiger partial charge in [-0.15, -0.1) is 11.3 Å². The number of anilines is 1. The van der Waals surface area contributed by atoms with E-state index in [0.29, 0.717) is 40.8 Å². The lowest BCUT2D eigenvalue weighted by Gasteiger charge is -2.28. The van der Waals surface area contributed by atoms with Crippen LogP contribution in [0.5, 0.6) is 0 Å². The van der Waals surface area contributed by atoms with E-state index in [2.05, 4.69) is 0 Å². The summed E-state index contributed by atoms with van der Waals surface area (Å²) >= 11 is 13.5. The van der Waals surface area contributed by atoms with Crippen molar-refractivity contribution >= 4 is 52.1 Å². The van der Waals surface area contributed by atoms with E-state index in [0.717, 1.165) is 4.88 Å². The molecule has 3 rings (SSSR count). The maximum atomic E-state index is 13.3. The number of carbonyl (C=O) groups excluding carboxylic acids is 2. The Kier molecular flexibility index (Phi) is 5.87. The largest absolute Gasteiger partial charge is 0.465 e. The summed E-state index contributed by atoms with van der Waals surface area (Å²) < 4.78 is 10.4. The van der Waals surface area contributed by atoms with Crippen molar-refractivity contribution < 1.29 is 19.1 Å². The SMILES string of the molecule is COC(=O)c1sc(C)cc1N(C(=O)c1ccc(Cl)cc1Cl)C1CCOC1. The quantitative estimate of drug-likeness (QED) is 0.687. The fraction of sp³-hybridized carbons (Fsp3) is 0.333. The molecule has 1 aliphatic rings. The number of hydrogen-bond acceptors (Lipinski definition) is 5. The molecule has 0 saturated carbocycles. The second-order valence-corrected chi connectivity index (χ2v) is 7.98. The molecule has 1 amide bonds. The predicted molar refractivity (Wildman–Crippen MR) is 103 cm³/mol. The van der Waals surface area contributed by atoms with Crippen molar-refractivity contribution in [2.24, 2.45) is 0 Å². The average molecular weight is 414 g/mol. The number of carbonyl (C=O) groups is 2. The monoisotopic (exact) mass is 413 g/mol. The van der Waals surface area contributed by atoms with Gasteiger partial charge in [-0.1, -0.05) is 23.2 Å². The number of amides is 1. The van der Waals surface area contributed by atoms with Crippen molar-refractivity contribution in [3.05, 3.63) is 49.6 Å². The smallest absolute Gasteiger partial charge is 0.350 e. The molecular formula is C18H17Cl2NO4S. The molecule has 2 heterocycles. The van der Waals surface area contributed by atoms with E-state index in [1.165, 1.54) is 24.5 Å². The summed E-state index contributed by atoms with van der Waals surface area (Å²) in [5, 5.41) is 0.710. The maximum Gasteiger partial charge on any atom is 0.350 e. The lowest BCUT2D eigenvalue weighted by Crippen LogP contribution is -2.41. The van der Waals surface area contributed by atoms with Crippen LogP contribution in [-0.2, 0) is 9.47 Å². The Balaban J connectivity index is 2.09. The van der Waals surface area contributed by atoms with Crippen molar-refractivity contribution in [3.63, 3.8) is 0 Å². The number of aryl methyl sites for hydroxylation is 1. The molecule has 8 heteroatoms. The first-order valence-corrected chi connectivity index (χ1v) is 9.54. The lowest BCUT2D eigenvalue weighted by molar-refractivity contribution is 0.0607. The number of ether oxygens (including phenoxy) is 2. The zero-order chi connectivity index (χ0) is 18.8. The summed E-state index contributed by atoms with van der Waals surface area (Å²) in [6.45, 7) is 2.83. The van der Waals surface area contributed by atoms with Gasteiger partial charge in [-0.25, -0.2) is 4.79 Å². The summed E-state index contributed by atoms with van der Waals surface area (Å²) in [6.07, 6.45) is 0.673. The van der Waals surface area contributed by atoms with Gasteiger partial charge in [-0.2, -0.15) is 0 Å². The van der Waals surface area contributed by atoms with E-state index in [4.69, 9.17) is 32.7 Å². The molecule has 1 atom stereocenters. The van der Waals surface area contributed by atoms with E-state index in [1.54, 1.807) is 17.0 Å². The van der Waals surface area contributed by atoms with Crippen LogP contribution < -0.4 is 4.90 Å². The van der Waals surface area contributed by atoms with E-state index >= 15 is 0 Å². The molecule has 0 aliphatic carbocycles. The highest BCUT2D eigenvalue weighted by Gasteiger charge is 2.34. The Morgan fingerprint density at radius 3 is 2.69 bits per heavy atom. The predicted octanol–water partition coefficient (Wildman–Crippen LogP) is 4.59. The molecule has 5 nitrogen and oxygen atoms in total. The van der Waals surface area contributed by atoms with Crippen molar-refractivity contribution in [1.82, 2.24) is 0 Å². The van der Waals surface area contributed by atoms with Crippen LogP contribution in [0, 0.1) is 6.92 Å². The molecule has 1 fully saturated rings. The Hall–Kier alpha value is -1.60. The Labute approximate surface area is 165 Å². The van der Waals surface area contributed by atoms with Crippen molar-refractivity contribution in [2.75, 3.05) is 25.2 Å². The van der Waals surface area contributed by atoms with Gasteiger partial charge in [0.05, 0.1) is 36.0 Å². The first-order valence-electron chi connectivity index (χ1n) is 7.97. The second kappa shape index (κ2) is 7.96. The maximum absolute atomic E-state index is 13.3. The molecule has 0 spiro atoms. The van der Waals surface area contributed by atoms with Crippen molar-refractivity contribution in [1.29, 1.82) is 0 Å². The molecule has 1 aromatic heterocycles. The molecule has 138 valence electrons. The van der Waals surface area contributed by atoms with Gasteiger partial charge in [-0.3, -0.25) is 4.79 Å². The number of hydrogen-bond donors (Lipinski definition) is 0. The number of thiophene rings is 1. The minimum Gasteiger partial charge on any atom is -0.465 e. The molecule has 1 aromatic carbocycles. The fourth-order valence-electron chi connectivity index (χ4n) is 2.91.